The van der Waals surface area contributed by atoms with Crippen LogP contribution in [0.3, 0.4) is 0 Å². The van der Waals surface area contributed by atoms with Crippen molar-refractivity contribution < 1.29 is 5.11 Å². The van der Waals surface area contributed by atoms with Crippen LogP contribution in [-0.4, -0.2) is 11.2 Å². The average molecular weight is 232 g/mol. The fraction of sp³-hybridized carbons (Fsp3) is 0.625. The lowest BCUT2D eigenvalue weighted by Gasteiger charge is -2.25. The number of aryl methyl sites for hydroxylation is 3. The Labute approximate surface area is 105 Å². The topological polar surface area (TPSA) is 20.2 Å². The van der Waals surface area contributed by atoms with E-state index in [0.29, 0.717) is 0 Å². The molecule has 1 aromatic carbocycles. The highest BCUT2D eigenvalue weighted by Gasteiger charge is 2.21. The standard InChI is InChI=1S/C16H24O/c1-16(2,3)15(17)10-8-12-7-9-13-5-4-6-14(13)11-12/h7,9,11,15,17H,4-6,8,10H2,1-3H3. The van der Waals surface area contributed by atoms with Gasteiger partial charge in [0.05, 0.1) is 6.10 Å². The maximum absolute atomic E-state index is 10.0. The summed E-state index contributed by atoms with van der Waals surface area (Å²) in [5.74, 6) is 0. The van der Waals surface area contributed by atoms with Crippen molar-refractivity contribution in [1.82, 2.24) is 0 Å². The Morgan fingerprint density at radius 2 is 1.88 bits per heavy atom. The molecule has 1 atom stereocenters. The van der Waals surface area contributed by atoms with Gasteiger partial charge in [-0.25, -0.2) is 0 Å². The summed E-state index contributed by atoms with van der Waals surface area (Å²) in [5, 5.41) is 10.0. The molecule has 1 heteroatoms. The molecule has 0 spiro atoms. The first-order valence-corrected chi connectivity index (χ1v) is 6.75. The molecule has 0 aliphatic heterocycles. The molecule has 0 amide bonds. The molecule has 0 saturated carbocycles. The van der Waals surface area contributed by atoms with Crippen LogP contribution in [0.15, 0.2) is 18.2 Å². The molecule has 1 nitrogen and oxygen atoms in total. The predicted octanol–water partition coefficient (Wildman–Crippen LogP) is 3.51. The summed E-state index contributed by atoms with van der Waals surface area (Å²) in [5.41, 5.74) is 4.45. The van der Waals surface area contributed by atoms with Gasteiger partial charge < -0.3 is 5.11 Å². The Morgan fingerprint density at radius 1 is 1.18 bits per heavy atom. The summed E-state index contributed by atoms with van der Waals surface area (Å²) < 4.78 is 0. The van der Waals surface area contributed by atoms with Crippen LogP contribution in [0.25, 0.3) is 0 Å². The second-order valence-electron chi connectivity index (χ2n) is 6.38. The molecule has 1 aliphatic rings. The van der Waals surface area contributed by atoms with Crippen LogP contribution in [-0.2, 0) is 19.3 Å². The van der Waals surface area contributed by atoms with Gasteiger partial charge in [0.15, 0.2) is 0 Å². The Bertz CT molecular complexity index is 387. The second kappa shape index (κ2) is 4.81. The third kappa shape index (κ3) is 3.10. The largest absolute Gasteiger partial charge is 0.393 e. The number of aliphatic hydroxyl groups is 1. The van der Waals surface area contributed by atoms with Crippen molar-refractivity contribution in [2.24, 2.45) is 5.41 Å². The molecular formula is C16H24O. The van der Waals surface area contributed by atoms with E-state index in [1.54, 1.807) is 0 Å². The Morgan fingerprint density at radius 3 is 2.59 bits per heavy atom. The first-order chi connectivity index (χ1) is 7.97. The first kappa shape index (κ1) is 12.6. The van der Waals surface area contributed by atoms with Crippen molar-refractivity contribution in [3.05, 3.63) is 34.9 Å². The van der Waals surface area contributed by atoms with E-state index in [-0.39, 0.29) is 11.5 Å². The van der Waals surface area contributed by atoms with Crippen LogP contribution in [0.4, 0.5) is 0 Å². The summed E-state index contributed by atoms with van der Waals surface area (Å²) in [6.45, 7) is 6.29. The summed E-state index contributed by atoms with van der Waals surface area (Å²) >= 11 is 0. The van der Waals surface area contributed by atoms with Gasteiger partial charge in [-0.2, -0.15) is 0 Å². The molecule has 1 unspecified atom stereocenters. The number of aliphatic hydroxyl groups excluding tert-OH is 1. The summed E-state index contributed by atoms with van der Waals surface area (Å²) in [4.78, 5) is 0. The Balaban J connectivity index is 1.96. The zero-order valence-electron chi connectivity index (χ0n) is 11.3. The molecule has 0 radical (unpaired) electrons. The number of hydrogen-bond acceptors (Lipinski definition) is 1. The first-order valence-electron chi connectivity index (χ1n) is 6.75. The van der Waals surface area contributed by atoms with E-state index in [1.807, 2.05) is 0 Å². The van der Waals surface area contributed by atoms with Gasteiger partial charge in [0.1, 0.15) is 0 Å². The van der Waals surface area contributed by atoms with Crippen molar-refractivity contribution >= 4 is 0 Å². The second-order valence-corrected chi connectivity index (χ2v) is 6.38. The van der Waals surface area contributed by atoms with Crippen molar-refractivity contribution in [2.75, 3.05) is 0 Å². The van der Waals surface area contributed by atoms with Gasteiger partial charge >= 0.3 is 0 Å². The van der Waals surface area contributed by atoms with Crippen LogP contribution < -0.4 is 0 Å². The van der Waals surface area contributed by atoms with Gasteiger partial charge in [-0.1, -0.05) is 39.0 Å². The summed E-state index contributed by atoms with van der Waals surface area (Å²) in [6.07, 6.45) is 5.44. The molecule has 17 heavy (non-hydrogen) atoms. The fourth-order valence-electron chi connectivity index (χ4n) is 2.52. The molecule has 0 heterocycles. The highest BCUT2D eigenvalue weighted by Crippen LogP contribution is 2.26. The average Bonchev–Trinajstić information content (AvgIpc) is 2.71. The lowest BCUT2D eigenvalue weighted by Crippen LogP contribution is -2.26. The van der Waals surface area contributed by atoms with E-state index in [0.717, 1.165) is 12.8 Å². The van der Waals surface area contributed by atoms with Gasteiger partial charge in [0.25, 0.3) is 0 Å². The molecule has 0 bridgehead atoms. The highest BCUT2D eigenvalue weighted by molar-refractivity contribution is 5.35. The van der Waals surface area contributed by atoms with Crippen LogP contribution in [0.5, 0.6) is 0 Å². The lowest BCUT2D eigenvalue weighted by molar-refractivity contribution is 0.0560. The summed E-state index contributed by atoms with van der Waals surface area (Å²) in [6, 6.07) is 6.86. The van der Waals surface area contributed by atoms with Crippen LogP contribution in [0, 0.1) is 5.41 Å². The molecule has 0 aromatic heterocycles. The highest BCUT2D eigenvalue weighted by atomic mass is 16.3. The van der Waals surface area contributed by atoms with Crippen molar-refractivity contribution in [1.29, 1.82) is 0 Å². The number of rotatable bonds is 3. The van der Waals surface area contributed by atoms with Gasteiger partial charge in [0.2, 0.25) is 0 Å². The van der Waals surface area contributed by atoms with Gasteiger partial charge in [-0.05, 0) is 54.2 Å². The third-order valence-corrected chi connectivity index (χ3v) is 3.87. The Kier molecular flexibility index (Phi) is 3.58. The third-order valence-electron chi connectivity index (χ3n) is 3.87. The van der Waals surface area contributed by atoms with E-state index in [4.69, 9.17) is 0 Å². The summed E-state index contributed by atoms with van der Waals surface area (Å²) in [7, 11) is 0. The van der Waals surface area contributed by atoms with Gasteiger partial charge in [0, 0.05) is 0 Å². The molecule has 0 saturated heterocycles. The van der Waals surface area contributed by atoms with Crippen LogP contribution in [0.1, 0.15) is 50.3 Å². The maximum atomic E-state index is 10.0. The minimum atomic E-state index is -0.212. The van der Waals surface area contributed by atoms with Crippen LogP contribution in [0.2, 0.25) is 0 Å². The number of benzene rings is 1. The monoisotopic (exact) mass is 232 g/mol. The van der Waals surface area contributed by atoms with E-state index >= 15 is 0 Å². The van der Waals surface area contributed by atoms with E-state index in [1.165, 1.54) is 36.0 Å². The van der Waals surface area contributed by atoms with Gasteiger partial charge in [-0.15, -0.1) is 0 Å². The van der Waals surface area contributed by atoms with Crippen LogP contribution >= 0.6 is 0 Å². The smallest absolute Gasteiger partial charge is 0.0591 e. The number of hydrogen-bond donors (Lipinski definition) is 1. The van der Waals surface area contributed by atoms with Crippen molar-refractivity contribution in [3.8, 4) is 0 Å². The zero-order valence-corrected chi connectivity index (χ0v) is 11.3. The molecule has 2 rings (SSSR count). The van der Waals surface area contributed by atoms with Crippen molar-refractivity contribution in [2.45, 2.75) is 59.0 Å². The molecule has 0 fully saturated rings. The quantitative estimate of drug-likeness (QED) is 0.845. The lowest BCUT2D eigenvalue weighted by atomic mass is 9.85. The maximum Gasteiger partial charge on any atom is 0.0591 e. The van der Waals surface area contributed by atoms with Gasteiger partial charge in [-0.3, -0.25) is 0 Å². The van der Waals surface area contributed by atoms with E-state index in [2.05, 4.69) is 39.0 Å². The minimum Gasteiger partial charge on any atom is -0.393 e. The normalized spacial score (nSPS) is 16.9. The Hall–Kier alpha value is -0.820. The zero-order chi connectivity index (χ0) is 12.5. The fourth-order valence-corrected chi connectivity index (χ4v) is 2.52. The molecule has 1 N–H and O–H groups in total. The number of fused-ring (bicyclic) bond motifs is 1. The molecular weight excluding hydrogens is 208 g/mol. The predicted molar refractivity (Wildman–Crippen MR) is 72.2 cm³/mol. The molecule has 94 valence electrons. The minimum absolute atomic E-state index is 0.00325. The molecule has 1 aromatic rings. The van der Waals surface area contributed by atoms with E-state index in [9.17, 15) is 5.11 Å². The molecule has 1 aliphatic carbocycles. The SMILES string of the molecule is CC(C)(C)C(O)CCc1ccc2c(c1)CCC2. The van der Waals surface area contributed by atoms with Crippen molar-refractivity contribution in [3.63, 3.8) is 0 Å². The van der Waals surface area contributed by atoms with E-state index < -0.39 is 0 Å².